The van der Waals surface area contributed by atoms with Crippen molar-refractivity contribution in [3.8, 4) is 0 Å². The molecule has 1 aromatic heterocycles. The van der Waals surface area contributed by atoms with Gasteiger partial charge in [-0.25, -0.2) is 9.78 Å². The summed E-state index contributed by atoms with van der Waals surface area (Å²) in [4.78, 5) is 15.0. The number of aromatic carboxylic acids is 1. The van der Waals surface area contributed by atoms with Crippen LogP contribution in [0.1, 0.15) is 28.4 Å². The standard InChI is InChI=1S/C10H11F3N2O2/c1-5-8(9(16)17)15-4-6(10(11,12)13)2-3-7(15)14-5/h6H,2-4H2,1H3,(H,16,17). The van der Waals surface area contributed by atoms with Crippen LogP contribution >= 0.6 is 0 Å². The molecule has 7 heteroatoms. The van der Waals surface area contributed by atoms with Gasteiger partial charge in [0.2, 0.25) is 0 Å². The van der Waals surface area contributed by atoms with E-state index in [9.17, 15) is 18.0 Å². The SMILES string of the molecule is Cc1nc2n(c1C(=O)O)CC(C(F)(F)F)CC2. The van der Waals surface area contributed by atoms with E-state index in [2.05, 4.69) is 4.98 Å². The lowest BCUT2D eigenvalue weighted by Crippen LogP contribution is -2.33. The van der Waals surface area contributed by atoms with E-state index in [-0.39, 0.29) is 30.8 Å². The summed E-state index contributed by atoms with van der Waals surface area (Å²) in [6.45, 7) is 1.15. The second kappa shape index (κ2) is 3.75. The molecule has 0 amide bonds. The number of hydrogen-bond donors (Lipinski definition) is 1. The van der Waals surface area contributed by atoms with Crippen molar-refractivity contribution >= 4 is 5.97 Å². The Balaban J connectivity index is 2.39. The Hall–Kier alpha value is -1.53. The normalized spacial score (nSPS) is 20.1. The number of imidazole rings is 1. The van der Waals surface area contributed by atoms with E-state index in [0.29, 0.717) is 5.82 Å². The summed E-state index contributed by atoms with van der Waals surface area (Å²) in [6.07, 6.45) is -4.15. The molecule has 0 spiro atoms. The van der Waals surface area contributed by atoms with Crippen molar-refractivity contribution in [2.24, 2.45) is 5.92 Å². The van der Waals surface area contributed by atoms with E-state index < -0.39 is 18.1 Å². The van der Waals surface area contributed by atoms with E-state index in [1.807, 2.05) is 0 Å². The molecule has 0 aliphatic carbocycles. The van der Waals surface area contributed by atoms with Gasteiger partial charge in [-0.05, 0) is 13.3 Å². The van der Waals surface area contributed by atoms with Crippen LogP contribution in [0.4, 0.5) is 13.2 Å². The third-order valence-corrected chi connectivity index (χ3v) is 3.01. The molecule has 1 aliphatic heterocycles. The van der Waals surface area contributed by atoms with E-state index in [4.69, 9.17) is 5.11 Å². The lowest BCUT2D eigenvalue weighted by molar-refractivity contribution is -0.182. The molecule has 94 valence electrons. The quantitative estimate of drug-likeness (QED) is 0.827. The monoisotopic (exact) mass is 248 g/mol. The van der Waals surface area contributed by atoms with Crippen molar-refractivity contribution < 1.29 is 23.1 Å². The number of aryl methyl sites for hydroxylation is 2. The number of rotatable bonds is 1. The molecule has 0 aromatic carbocycles. The van der Waals surface area contributed by atoms with Gasteiger partial charge in [-0.1, -0.05) is 0 Å². The molecule has 0 radical (unpaired) electrons. The molecule has 1 atom stereocenters. The van der Waals surface area contributed by atoms with Crippen molar-refractivity contribution in [3.63, 3.8) is 0 Å². The van der Waals surface area contributed by atoms with E-state index in [1.54, 1.807) is 0 Å². The van der Waals surface area contributed by atoms with Crippen molar-refractivity contribution in [1.29, 1.82) is 0 Å². The lowest BCUT2D eigenvalue weighted by Gasteiger charge is -2.26. The van der Waals surface area contributed by atoms with Crippen LogP contribution in [0.3, 0.4) is 0 Å². The van der Waals surface area contributed by atoms with Crippen LogP contribution in [0.2, 0.25) is 0 Å². The molecule has 1 aliphatic rings. The van der Waals surface area contributed by atoms with Gasteiger partial charge in [0.05, 0.1) is 11.6 Å². The summed E-state index contributed by atoms with van der Waals surface area (Å²) in [5.74, 6) is -2.29. The van der Waals surface area contributed by atoms with E-state index in [1.165, 1.54) is 11.5 Å². The van der Waals surface area contributed by atoms with Crippen LogP contribution in [-0.2, 0) is 13.0 Å². The fourth-order valence-electron chi connectivity index (χ4n) is 2.17. The second-order valence-electron chi connectivity index (χ2n) is 4.16. The number of nitrogens with zero attached hydrogens (tertiary/aromatic N) is 2. The zero-order valence-corrected chi connectivity index (χ0v) is 9.08. The summed E-state index contributed by atoms with van der Waals surface area (Å²) >= 11 is 0. The van der Waals surface area contributed by atoms with Crippen molar-refractivity contribution in [1.82, 2.24) is 9.55 Å². The molecule has 1 unspecified atom stereocenters. The molecular weight excluding hydrogens is 237 g/mol. The van der Waals surface area contributed by atoms with Gasteiger partial charge in [-0.3, -0.25) is 0 Å². The average molecular weight is 248 g/mol. The highest BCUT2D eigenvalue weighted by Gasteiger charge is 2.42. The number of carbonyl (C=O) groups is 1. The van der Waals surface area contributed by atoms with Gasteiger partial charge in [0.1, 0.15) is 11.5 Å². The second-order valence-corrected chi connectivity index (χ2v) is 4.16. The van der Waals surface area contributed by atoms with Crippen molar-refractivity contribution in [2.45, 2.75) is 32.5 Å². The van der Waals surface area contributed by atoms with Crippen LogP contribution in [0.15, 0.2) is 0 Å². The van der Waals surface area contributed by atoms with Gasteiger partial charge in [0, 0.05) is 13.0 Å². The lowest BCUT2D eigenvalue weighted by atomic mass is 9.99. The van der Waals surface area contributed by atoms with Crippen molar-refractivity contribution in [2.75, 3.05) is 0 Å². The molecule has 4 nitrogen and oxygen atoms in total. The van der Waals surface area contributed by atoms with Crippen molar-refractivity contribution in [3.05, 3.63) is 17.2 Å². The van der Waals surface area contributed by atoms with E-state index >= 15 is 0 Å². The van der Waals surface area contributed by atoms with Crippen LogP contribution in [0.25, 0.3) is 0 Å². The summed E-state index contributed by atoms with van der Waals surface area (Å²) < 4.78 is 39.0. The molecule has 0 bridgehead atoms. The Morgan fingerprint density at radius 3 is 2.71 bits per heavy atom. The van der Waals surface area contributed by atoms with Crippen LogP contribution in [-0.4, -0.2) is 26.8 Å². The topological polar surface area (TPSA) is 55.1 Å². The van der Waals surface area contributed by atoms with Crippen LogP contribution in [0.5, 0.6) is 0 Å². The molecule has 0 saturated heterocycles. The number of carboxylic acids is 1. The van der Waals surface area contributed by atoms with Gasteiger partial charge in [0.15, 0.2) is 0 Å². The Bertz CT molecular complexity index is 465. The molecule has 2 rings (SSSR count). The molecular formula is C10H11F3N2O2. The third-order valence-electron chi connectivity index (χ3n) is 3.01. The Morgan fingerprint density at radius 2 is 2.18 bits per heavy atom. The zero-order chi connectivity index (χ0) is 12.8. The number of alkyl halides is 3. The van der Waals surface area contributed by atoms with Gasteiger partial charge >= 0.3 is 12.1 Å². The largest absolute Gasteiger partial charge is 0.477 e. The number of fused-ring (bicyclic) bond motifs is 1. The number of halogens is 3. The predicted octanol–water partition coefficient (Wildman–Crippen LogP) is 2.01. The summed E-state index contributed by atoms with van der Waals surface area (Å²) in [5, 5.41) is 8.96. The van der Waals surface area contributed by atoms with Gasteiger partial charge in [0.25, 0.3) is 0 Å². The molecule has 2 heterocycles. The average Bonchev–Trinajstić information content (AvgIpc) is 2.50. The maximum atomic E-state index is 12.6. The Labute approximate surface area is 95.1 Å². The molecule has 17 heavy (non-hydrogen) atoms. The minimum Gasteiger partial charge on any atom is -0.477 e. The first-order chi connectivity index (χ1) is 7.80. The molecule has 0 saturated carbocycles. The highest BCUT2D eigenvalue weighted by atomic mass is 19.4. The fraction of sp³-hybridized carbons (Fsp3) is 0.600. The summed E-state index contributed by atoms with van der Waals surface area (Å²) in [6, 6.07) is 0. The Kier molecular flexibility index (Phi) is 2.63. The highest BCUT2D eigenvalue weighted by Crippen LogP contribution is 2.35. The first-order valence-corrected chi connectivity index (χ1v) is 5.16. The fourth-order valence-corrected chi connectivity index (χ4v) is 2.17. The van der Waals surface area contributed by atoms with E-state index in [0.717, 1.165) is 0 Å². The zero-order valence-electron chi connectivity index (χ0n) is 9.08. The maximum Gasteiger partial charge on any atom is 0.393 e. The number of aromatic nitrogens is 2. The number of hydrogen-bond acceptors (Lipinski definition) is 2. The van der Waals surface area contributed by atoms with Gasteiger partial charge < -0.3 is 9.67 Å². The summed E-state index contributed by atoms with van der Waals surface area (Å²) in [7, 11) is 0. The number of carboxylic acid groups (broad SMARTS) is 1. The molecule has 1 N–H and O–H groups in total. The first kappa shape index (κ1) is 11.9. The van der Waals surface area contributed by atoms with Gasteiger partial charge in [-0.15, -0.1) is 0 Å². The van der Waals surface area contributed by atoms with Crippen LogP contribution < -0.4 is 0 Å². The first-order valence-electron chi connectivity index (χ1n) is 5.16. The Morgan fingerprint density at radius 1 is 1.53 bits per heavy atom. The summed E-state index contributed by atoms with van der Waals surface area (Å²) in [5.41, 5.74) is 0.143. The maximum absolute atomic E-state index is 12.6. The smallest absolute Gasteiger partial charge is 0.393 e. The third kappa shape index (κ3) is 2.01. The molecule has 0 fully saturated rings. The highest BCUT2D eigenvalue weighted by molar-refractivity contribution is 5.87. The predicted molar refractivity (Wildman–Crippen MR) is 51.8 cm³/mol. The minimum absolute atomic E-state index is 0.0288. The van der Waals surface area contributed by atoms with Crippen LogP contribution in [0, 0.1) is 12.8 Å². The molecule has 1 aromatic rings. The minimum atomic E-state index is -4.29. The van der Waals surface area contributed by atoms with Gasteiger partial charge in [-0.2, -0.15) is 13.2 Å².